The molecule has 1 heterocycles. The van der Waals surface area contributed by atoms with Crippen LogP contribution in [0.25, 0.3) is 0 Å². The van der Waals surface area contributed by atoms with Crippen LogP contribution in [0.4, 0.5) is 10.5 Å². The molecule has 0 atom stereocenters. The van der Waals surface area contributed by atoms with E-state index < -0.39 is 5.97 Å². The molecule has 0 saturated carbocycles. The van der Waals surface area contributed by atoms with Gasteiger partial charge in [-0.05, 0) is 31.9 Å². The number of benzene rings is 1. The van der Waals surface area contributed by atoms with Gasteiger partial charge in [0, 0.05) is 12.2 Å². The average molecular weight is 345 g/mol. The van der Waals surface area contributed by atoms with E-state index in [0.717, 1.165) is 23.2 Å². The number of amides is 2. The van der Waals surface area contributed by atoms with Crippen molar-refractivity contribution >= 4 is 17.7 Å². The van der Waals surface area contributed by atoms with Gasteiger partial charge in [0.25, 0.3) is 0 Å². The van der Waals surface area contributed by atoms with E-state index in [1.54, 1.807) is 4.90 Å². The third kappa shape index (κ3) is 4.82. The number of aryl methyl sites for hydroxylation is 2. The monoisotopic (exact) mass is 345 g/mol. The molecule has 0 bridgehead atoms. The van der Waals surface area contributed by atoms with Crippen LogP contribution in [0.5, 0.6) is 0 Å². The van der Waals surface area contributed by atoms with E-state index in [4.69, 9.17) is 4.42 Å². The van der Waals surface area contributed by atoms with Crippen molar-refractivity contribution in [3.8, 4) is 0 Å². The Balaban J connectivity index is 2.09. The Hall–Kier alpha value is -2.83. The molecule has 0 unspecified atom stereocenters. The highest BCUT2D eigenvalue weighted by molar-refractivity contribution is 5.90. The smallest absolute Gasteiger partial charge is 0.360 e. The Labute approximate surface area is 147 Å². The number of nitrogens with one attached hydrogen (secondary N) is 1. The van der Waals surface area contributed by atoms with E-state index in [2.05, 4.69) is 15.0 Å². The van der Waals surface area contributed by atoms with Crippen molar-refractivity contribution < 1.29 is 18.7 Å². The van der Waals surface area contributed by atoms with Crippen molar-refractivity contribution in [2.24, 2.45) is 0 Å². The number of ether oxygens (including phenoxy) is 1. The number of anilines is 1. The van der Waals surface area contributed by atoms with Gasteiger partial charge in [-0.25, -0.2) is 14.6 Å². The molecular formula is C18H23N3O4. The predicted molar refractivity (Wildman–Crippen MR) is 93.5 cm³/mol. The van der Waals surface area contributed by atoms with Crippen LogP contribution >= 0.6 is 0 Å². The molecule has 0 fully saturated rings. The fourth-order valence-corrected chi connectivity index (χ4v) is 2.42. The lowest BCUT2D eigenvalue weighted by Gasteiger charge is -2.21. The lowest BCUT2D eigenvalue weighted by molar-refractivity contribution is 0.0594. The van der Waals surface area contributed by atoms with Gasteiger partial charge < -0.3 is 19.4 Å². The van der Waals surface area contributed by atoms with Crippen molar-refractivity contribution in [2.45, 2.75) is 33.7 Å². The number of aromatic nitrogens is 1. The summed E-state index contributed by atoms with van der Waals surface area (Å²) in [5, 5.41) is 2.91. The highest BCUT2D eigenvalue weighted by atomic mass is 16.5. The number of urea groups is 1. The number of hydrogen-bond donors (Lipinski definition) is 1. The van der Waals surface area contributed by atoms with Crippen LogP contribution in [-0.4, -0.2) is 35.5 Å². The first-order valence-corrected chi connectivity index (χ1v) is 8.10. The second-order valence-corrected chi connectivity index (χ2v) is 5.79. The minimum absolute atomic E-state index is 0.0868. The summed E-state index contributed by atoms with van der Waals surface area (Å²) >= 11 is 0. The van der Waals surface area contributed by atoms with Gasteiger partial charge in [0.1, 0.15) is 6.26 Å². The van der Waals surface area contributed by atoms with Crippen molar-refractivity contribution in [1.29, 1.82) is 0 Å². The topological polar surface area (TPSA) is 84.7 Å². The van der Waals surface area contributed by atoms with Crippen LogP contribution in [0.2, 0.25) is 0 Å². The standard InChI is InChI=1S/C18H23N3O4/c1-5-8-21(10-16-19-15(11-25-16)17(22)24-4)18(23)20-14-7-6-12(2)9-13(14)3/h6-7,9,11H,5,8,10H2,1-4H3,(H,20,23). The molecule has 0 radical (unpaired) electrons. The first kappa shape index (κ1) is 18.5. The molecule has 7 nitrogen and oxygen atoms in total. The zero-order chi connectivity index (χ0) is 18.4. The van der Waals surface area contributed by atoms with Gasteiger partial charge in [0.05, 0.1) is 13.7 Å². The number of methoxy groups -OCH3 is 1. The quantitative estimate of drug-likeness (QED) is 0.810. The van der Waals surface area contributed by atoms with E-state index >= 15 is 0 Å². The SMILES string of the molecule is CCCN(Cc1nc(C(=O)OC)co1)C(=O)Nc1ccc(C)cc1C. The Morgan fingerprint density at radius 2 is 2.08 bits per heavy atom. The Morgan fingerprint density at radius 1 is 1.32 bits per heavy atom. The number of nitrogens with zero attached hydrogens (tertiary/aromatic N) is 2. The number of hydrogen-bond acceptors (Lipinski definition) is 5. The van der Waals surface area contributed by atoms with E-state index in [-0.39, 0.29) is 24.2 Å². The summed E-state index contributed by atoms with van der Waals surface area (Å²) in [6, 6.07) is 5.60. The minimum atomic E-state index is -0.572. The van der Waals surface area contributed by atoms with E-state index in [1.807, 2.05) is 39.0 Å². The molecule has 0 aliphatic carbocycles. The van der Waals surface area contributed by atoms with Gasteiger partial charge in [-0.15, -0.1) is 0 Å². The first-order valence-electron chi connectivity index (χ1n) is 8.10. The molecule has 25 heavy (non-hydrogen) atoms. The molecule has 2 aromatic rings. The molecule has 7 heteroatoms. The minimum Gasteiger partial charge on any atom is -0.464 e. The second kappa shape index (κ2) is 8.32. The van der Waals surface area contributed by atoms with E-state index in [0.29, 0.717) is 6.54 Å². The fourth-order valence-electron chi connectivity index (χ4n) is 2.42. The van der Waals surface area contributed by atoms with Crippen LogP contribution in [0.15, 0.2) is 28.9 Å². The van der Waals surface area contributed by atoms with Gasteiger partial charge in [-0.3, -0.25) is 0 Å². The van der Waals surface area contributed by atoms with Gasteiger partial charge >= 0.3 is 12.0 Å². The third-order valence-electron chi connectivity index (χ3n) is 3.68. The third-order valence-corrected chi connectivity index (χ3v) is 3.68. The number of oxazole rings is 1. The number of carbonyl (C=O) groups is 2. The second-order valence-electron chi connectivity index (χ2n) is 5.79. The van der Waals surface area contributed by atoms with Crippen LogP contribution in [-0.2, 0) is 11.3 Å². The van der Waals surface area contributed by atoms with Crippen molar-refractivity contribution in [3.63, 3.8) is 0 Å². The first-order chi connectivity index (χ1) is 11.9. The summed E-state index contributed by atoms with van der Waals surface area (Å²) in [4.78, 5) is 29.7. The maximum atomic E-state index is 12.6. The van der Waals surface area contributed by atoms with Crippen LogP contribution in [0, 0.1) is 13.8 Å². The lowest BCUT2D eigenvalue weighted by Crippen LogP contribution is -2.35. The van der Waals surface area contributed by atoms with Gasteiger partial charge in [-0.2, -0.15) is 0 Å². The molecule has 1 aromatic carbocycles. The summed E-state index contributed by atoms with van der Waals surface area (Å²) in [5.41, 5.74) is 2.98. The maximum absolute atomic E-state index is 12.6. The van der Waals surface area contributed by atoms with E-state index in [9.17, 15) is 9.59 Å². The zero-order valence-corrected chi connectivity index (χ0v) is 15.0. The Morgan fingerprint density at radius 3 is 2.72 bits per heavy atom. The normalized spacial score (nSPS) is 10.4. The molecule has 0 saturated heterocycles. The van der Waals surface area contributed by atoms with Crippen molar-refractivity contribution in [3.05, 3.63) is 47.2 Å². The lowest BCUT2D eigenvalue weighted by atomic mass is 10.1. The van der Waals surface area contributed by atoms with Crippen LogP contribution in [0.1, 0.15) is 40.9 Å². The van der Waals surface area contributed by atoms with Crippen LogP contribution in [0.3, 0.4) is 0 Å². The summed E-state index contributed by atoms with van der Waals surface area (Å²) in [6.45, 7) is 6.63. The number of rotatable bonds is 6. The molecular weight excluding hydrogens is 322 g/mol. The van der Waals surface area contributed by atoms with E-state index in [1.165, 1.54) is 13.4 Å². The molecule has 0 aliphatic rings. The zero-order valence-electron chi connectivity index (χ0n) is 15.0. The largest absolute Gasteiger partial charge is 0.464 e. The molecule has 1 N–H and O–H groups in total. The highest BCUT2D eigenvalue weighted by Crippen LogP contribution is 2.17. The van der Waals surface area contributed by atoms with Gasteiger partial charge in [-0.1, -0.05) is 24.6 Å². The number of esters is 1. The fraction of sp³-hybridized carbons (Fsp3) is 0.389. The van der Waals surface area contributed by atoms with Gasteiger partial charge in [0.15, 0.2) is 5.69 Å². The highest BCUT2D eigenvalue weighted by Gasteiger charge is 2.19. The number of carbonyl (C=O) groups excluding carboxylic acids is 2. The average Bonchev–Trinajstić information content (AvgIpc) is 3.05. The predicted octanol–water partition coefficient (Wildman–Crippen LogP) is 3.52. The van der Waals surface area contributed by atoms with Crippen LogP contribution < -0.4 is 5.32 Å². The van der Waals surface area contributed by atoms with Gasteiger partial charge in [0.2, 0.25) is 5.89 Å². The molecule has 2 rings (SSSR count). The van der Waals surface area contributed by atoms with Crippen molar-refractivity contribution in [2.75, 3.05) is 19.0 Å². The summed E-state index contributed by atoms with van der Waals surface area (Å²) in [7, 11) is 1.28. The Bertz CT molecular complexity index is 755. The maximum Gasteiger partial charge on any atom is 0.360 e. The molecule has 1 aromatic heterocycles. The molecule has 134 valence electrons. The van der Waals surface area contributed by atoms with Crippen molar-refractivity contribution in [1.82, 2.24) is 9.88 Å². The summed E-state index contributed by atoms with van der Waals surface area (Å²) in [5.74, 6) is -0.290. The Kier molecular flexibility index (Phi) is 6.16. The summed E-state index contributed by atoms with van der Waals surface area (Å²) in [6.07, 6.45) is 2.01. The molecule has 2 amide bonds. The summed E-state index contributed by atoms with van der Waals surface area (Å²) < 4.78 is 9.87. The molecule has 0 spiro atoms. The molecule has 0 aliphatic heterocycles.